The standard InChI is InChI=1S/C30H30N4O3/c1-3-28(35)32-26-6-4-5-22(19(26)2)23-11-12-24(30(31)36)29-25(23)17-27(33-29)21-9-7-20(8-10-21)18-34-13-15-37-16-14-34/h3-12,17,33H,1,13-16,18H2,2H3,(H2,31,36)(H,32,35). The Balaban J connectivity index is 1.54. The minimum atomic E-state index is -0.491. The predicted octanol–water partition coefficient (Wildman–Crippen LogP) is 4.87. The van der Waals surface area contributed by atoms with Crippen LogP contribution in [0.3, 0.4) is 0 Å². The first-order chi connectivity index (χ1) is 17.9. The molecule has 4 aromatic rings. The van der Waals surface area contributed by atoms with Gasteiger partial charge in [-0.15, -0.1) is 0 Å². The van der Waals surface area contributed by atoms with E-state index >= 15 is 0 Å². The highest BCUT2D eigenvalue weighted by Gasteiger charge is 2.18. The molecule has 1 aliphatic rings. The number of nitrogens with one attached hydrogen (secondary N) is 2. The van der Waals surface area contributed by atoms with E-state index in [1.54, 1.807) is 6.07 Å². The molecule has 7 heteroatoms. The fourth-order valence-corrected chi connectivity index (χ4v) is 4.87. The maximum atomic E-state index is 12.2. The number of hydrogen-bond donors (Lipinski definition) is 3. The number of morpholine rings is 1. The number of H-pyrrole nitrogens is 1. The van der Waals surface area contributed by atoms with Crippen LogP contribution < -0.4 is 11.1 Å². The van der Waals surface area contributed by atoms with Gasteiger partial charge in [0.05, 0.1) is 24.3 Å². The Hall–Kier alpha value is -4.20. The van der Waals surface area contributed by atoms with Gasteiger partial charge in [0.25, 0.3) is 5.91 Å². The zero-order chi connectivity index (χ0) is 25.9. The van der Waals surface area contributed by atoms with Crippen molar-refractivity contribution in [2.24, 2.45) is 5.73 Å². The fourth-order valence-electron chi connectivity index (χ4n) is 4.87. The van der Waals surface area contributed by atoms with Gasteiger partial charge in [0, 0.05) is 36.4 Å². The average Bonchev–Trinajstić information content (AvgIpc) is 3.36. The van der Waals surface area contributed by atoms with Crippen LogP contribution in [-0.4, -0.2) is 48.0 Å². The summed E-state index contributed by atoms with van der Waals surface area (Å²) in [4.78, 5) is 30.0. The minimum absolute atomic E-state index is 0.268. The molecule has 0 aliphatic carbocycles. The summed E-state index contributed by atoms with van der Waals surface area (Å²) in [5.41, 5.74) is 13.5. The lowest BCUT2D eigenvalue weighted by atomic mass is 9.94. The molecule has 7 nitrogen and oxygen atoms in total. The summed E-state index contributed by atoms with van der Waals surface area (Å²) in [5, 5.41) is 3.75. The Kier molecular flexibility index (Phi) is 6.90. The van der Waals surface area contributed by atoms with E-state index in [0.717, 1.165) is 66.2 Å². The number of benzene rings is 3. The SMILES string of the molecule is C=CC(=O)Nc1cccc(-c2ccc(C(N)=O)c3[nH]c(-c4ccc(CN5CCOCC5)cc4)cc23)c1C. The lowest BCUT2D eigenvalue weighted by Gasteiger charge is -2.26. The summed E-state index contributed by atoms with van der Waals surface area (Å²) in [6, 6.07) is 20.0. The normalized spacial score (nSPS) is 14.0. The van der Waals surface area contributed by atoms with Gasteiger partial charge in [0.1, 0.15) is 0 Å². The van der Waals surface area contributed by atoms with Gasteiger partial charge in [-0.3, -0.25) is 14.5 Å². The summed E-state index contributed by atoms with van der Waals surface area (Å²) in [6.45, 7) is 9.83. The monoisotopic (exact) mass is 494 g/mol. The number of aromatic amines is 1. The zero-order valence-electron chi connectivity index (χ0n) is 20.8. The van der Waals surface area contributed by atoms with E-state index in [2.05, 4.69) is 52.1 Å². The summed E-state index contributed by atoms with van der Waals surface area (Å²) >= 11 is 0. The van der Waals surface area contributed by atoms with Crippen molar-refractivity contribution < 1.29 is 14.3 Å². The van der Waals surface area contributed by atoms with Gasteiger partial charge < -0.3 is 20.8 Å². The van der Waals surface area contributed by atoms with Crippen LogP contribution >= 0.6 is 0 Å². The van der Waals surface area contributed by atoms with Gasteiger partial charge in [0.15, 0.2) is 0 Å². The number of rotatable bonds is 7. The molecule has 0 spiro atoms. The number of anilines is 1. The molecular formula is C30H30N4O3. The Morgan fingerprint density at radius 2 is 1.84 bits per heavy atom. The number of primary amides is 1. The Morgan fingerprint density at radius 3 is 2.54 bits per heavy atom. The van der Waals surface area contributed by atoms with Crippen molar-refractivity contribution in [1.29, 1.82) is 0 Å². The van der Waals surface area contributed by atoms with Crippen LogP contribution in [0.2, 0.25) is 0 Å². The van der Waals surface area contributed by atoms with E-state index in [1.165, 1.54) is 11.6 Å². The molecule has 3 aromatic carbocycles. The van der Waals surface area contributed by atoms with Crippen molar-refractivity contribution in [2.45, 2.75) is 13.5 Å². The third-order valence-electron chi connectivity index (χ3n) is 6.90. The number of carbonyl (C=O) groups excluding carboxylic acids is 2. The van der Waals surface area contributed by atoms with Gasteiger partial charge in [-0.1, -0.05) is 49.0 Å². The smallest absolute Gasteiger partial charge is 0.250 e. The van der Waals surface area contributed by atoms with E-state index in [9.17, 15) is 9.59 Å². The van der Waals surface area contributed by atoms with E-state index in [4.69, 9.17) is 10.5 Å². The molecular weight excluding hydrogens is 464 g/mol. The van der Waals surface area contributed by atoms with Crippen molar-refractivity contribution >= 4 is 28.4 Å². The molecule has 0 unspecified atom stereocenters. The Labute approximate surface area is 215 Å². The lowest BCUT2D eigenvalue weighted by molar-refractivity contribution is -0.111. The molecule has 2 amide bonds. The van der Waals surface area contributed by atoms with E-state index < -0.39 is 5.91 Å². The van der Waals surface area contributed by atoms with Crippen molar-refractivity contribution in [2.75, 3.05) is 31.6 Å². The molecule has 0 atom stereocenters. The molecule has 0 bridgehead atoms. The largest absolute Gasteiger partial charge is 0.379 e. The Morgan fingerprint density at radius 1 is 1.08 bits per heavy atom. The van der Waals surface area contributed by atoms with E-state index in [0.29, 0.717) is 16.8 Å². The van der Waals surface area contributed by atoms with Crippen LogP contribution in [0.4, 0.5) is 5.69 Å². The number of hydrogen-bond acceptors (Lipinski definition) is 4. The van der Waals surface area contributed by atoms with Crippen molar-refractivity contribution in [1.82, 2.24) is 9.88 Å². The number of carbonyl (C=O) groups is 2. The van der Waals surface area contributed by atoms with Gasteiger partial charge in [-0.05, 0) is 59.0 Å². The molecule has 188 valence electrons. The quantitative estimate of drug-likeness (QED) is 0.319. The molecule has 0 radical (unpaired) electrons. The zero-order valence-corrected chi connectivity index (χ0v) is 20.8. The number of nitrogens with zero attached hydrogens (tertiary/aromatic N) is 1. The first-order valence-electron chi connectivity index (χ1n) is 12.3. The van der Waals surface area contributed by atoms with E-state index in [-0.39, 0.29) is 5.91 Å². The maximum absolute atomic E-state index is 12.2. The fraction of sp³-hybridized carbons (Fsp3) is 0.200. The van der Waals surface area contributed by atoms with Crippen LogP contribution in [-0.2, 0) is 16.1 Å². The third-order valence-corrected chi connectivity index (χ3v) is 6.90. The number of nitrogens with two attached hydrogens (primary N) is 1. The Bertz CT molecular complexity index is 1480. The topological polar surface area (TPSA) is 100 Å². The summed E-state index contributed by atoms with van der Waals surface area (Å²) in [6.07, 6.45) is 1.25. The first-order valence-corrected chi connectivity index (χ1v) is 12.3. The number of aromatic nitrogens is 1. The molecule has 1 aliphatic heterocycles. The molecule has 0 saturated carbocycles. The molecule has 5 rings (SSSR count). The number of amides is 2. The van der Waals surface area contributed by atoms with Gasteiger partial charge in [-0.2, -0.15) is 0 Å². The van der Waals surface area contributed by atoms with Crippen molar-refractivity contribution in [3.63, 3.8) is 0 Å². The number of ether oxygens (including phenoxy) is 1. The summed E-state index contributed by atoms with van der Waals surface area (Å²) in [7, 11) is 0. The highest BCUT2D eigenvalue weighted by Crippen LogP contribution is 2.37. The van der Waals surface area contributed by atoms with Gasteiger partial charge in [0.2, 0.25) is 5.91 Å². The van der Waals surface area contributed by atoms with Crippen LogP contribution in [0.1, 0.15) is 21.5 Å². The van der Waals surface area contributed by atoms with Crippen LogP contribution in [0.5, 0.6) is 0 Å². The second kappa shape index (κ2) is 10.4. The maximum Gasteiger partial charge on any atom is 0.250 e. The molecule has 1 saturated heterocycles. The second-order valence-electron chi connectivity index (χ2n) is 9.25. The van der Waals surface area contributed by atoms with E-state index in [1.807, 2.05) is 31.2 Å². The van der Waals surface area contributed by atoms with Crippen molar-refractivity contribution in [3.8, 4) is 22.4 Å². The molecule has 1 aromatic heterocycles. The number of fused-ring (bicyclic) bond motifs is 1. The highest BCUT2D eigenvalue weighted by molar-refractivity contribution is 6.11. The van der Waals surface area contributed by atoms with Gasteiger partial charge in [-0.25, -0.2) is 0 Å². The van der Waals surface area contributed by atoms with Gasteiger partial charge >= 0.3 is 0 Å². The van der Waals surface area contributed by atoms with Crippen LogP contribution in [0.25, 0.3) is 33.3 Å². The summed E-state index contributed by atoms with van der Waals surface area (Å²) in [5.74, 6) is -0.759. The summed E-state index contributed by atoms with van der Waals surface area (Å²) < 4.78 is 5.45. The van der Waals surface area contributed by atoms with Crippen LogP contribution in [0, 0.1) is 6.92 Å². The highest BCUT2D eigenvalue weighted by atomic mass is 16.5. The second-order valence-corrected chi connectivity index (χ2v) is 9.25. The predicted molar refractivity (Wildman–Crippen MR) is 147 cm³/mol. The lowest BCUT2D eigenvalue weighted by Crippen LogP contribution is -2.35. The van der Waals surface area contributed by atoms with Crippen molar-refractivity contribution in [3.05, 3.63) is 90.0 Å². The van der Waals surface area contributed by atoms with Crippen LogP contribution in [0.15, 0.2) is 73.3 Å². The first kappa shape index (κ1) is 24.5. The third kappa shape index (κ3) is 5.05. The molecule has 37 heavy (non-hydrogen) atoms. The molecule has 2 heterocycles. The molecule has 4 N–H and O–H groups in total. The minimum Gasteiger partial charge on any atom is -0.379 e. The molecule has 1 fully saturated rings. The average molecular weight is 495 g/mol.